The van der Waals surface area contributed by atoms with E-state index in [9.17, 15) is 18.3 Å². The third-order valence-corrected chi connectivity index (χ3v) is 5.85. The Morgan fingerprint density at radius 3 is 2.36 bits per heavy atom. The number of phenolic OH excluding ortho intramolecular Hbond substituents is 1. The van der Waals surface area contributed by atoms with Crippen molar-refractivity contribution < 1.29 is 18.3 Å². The first-order chi connectivity index (χ1) is 13.3. The summed E-state index contributed by atoms with van der Waals surface area (Å²) in [5, 5.41) is 12.7. The van der Waals surface area contributed by atoms with Crippen LogP contribution in [0.2, 0.25) is 10.0 Å². The number of carbonyl (C=O) groups excluding carboxylic acids is 1. The van der Waals surface area contributed by atoms with E-state index in [1.807, 2.05) is 0 Å². The number of anilines is 2. The lowest BCUT2D eigenvalue weighted by Crippen LogP contribution is -2.15. The smallest absolute Gasteiger partial charge is 0.261 e. The van der Waals surface area contributed by atoms with Crippen molar-refractivity contribution in [2.24, 2.45) is 0 Å². The predicted molar refractivity (Wildman–Crippen MR) is 110 cm³/mol. The number of sulfonamides is 1. The molecule has 28 heavy (non-hydrogen) atoms. The number of hydrogen-bond acceptors (Lipinski definition) is 4. The molecule has 144 valence electrons. The molecule has 3 aromatic carbocycles. The Kier molecular flexibility index (Phi) is 5.79. The number of aromatic hydroxyl groups is 1. The Bertz CT molecular complexity index is 1150. The predicted octanol–water partition coefficient (Wildman–Crippen LogP) is 4.75. The molecule has 0 heterocycles. The van der Waals surface area contributed by atoms with Gasteiger partial charge in [0.05, 0.1) is 20.6 Å². The molecule has 1 amide bonds. The van der Waals surface area contributed by atoms with Gasteiger partial charge in [0.1, 0.15) is 5.75 Å². The lowest BCUT2D eigenvalue weighted by molar-refractivity contribution is 0.102. The van der Waals surface area contributed by atoms with Crippen LogP contribution >= 0.6 is 23.2 Å². The number of hydrogen-bond donors (Lipinski definition) is 3. The molecule has 0 aliphatic heterocycles. The molecule has 0 aliphatic carbocycles. The monoisotopic (exact) mass is 436 g/mol. The Morgan fingerprint density at radius 1 is 0.893 bits per heavy atom. The highest BCUT2D eigenvalue weighted by Gasteiger charge is 2.17. The summed E-state index contributed by atoms with van der Waals surface area (Å²) in [5.41, 5.74) is 0.642. The second-order valence-electron chi connectivity index (χ2n) is 5.73. The Labute approximate surface area is 171 Å². The molecular weight excluding hydrogens is 423 g/mol. The first kappa shape index (κ1) is 20.0. The van der Waals surface area contributed by atoms with Crippen molar-refractivity contribution in [3.63, 3.8) is 0 Å². The quantitative estimate of drug-likeness (QED) is 0.502. The van der Waals surface area contributed by atoms with E-state index in [4.69, 9.17) is 23.2 Å². The van der Waals surface area contributed by atoms with Gasteiger partial charge in [-0.05, 0) is 48.5 Å². The first-order valence-corrected chi connectivity index (χ1v) is 10.2. The summed E-state index contributed by atoms with van der Waals surface area (Å²) in [6.07, 6.45) is 0. The lowest BCUT2D eigenvalue weighted by Gasteiger charge is -2.11. The van der Waals surface area contributed by atoms with Crippen LogP contribution in [0.4, 0.5) is 11.4 Å². The number of nitrogens with one attached hydrogen (secondary N) is 2. The van der Waals surface area contributed by atoms with E-state index in [0.717, 1.165) is 0 Å². The van der Waals surface area contributed by atoms with Crippen LogP contribution in [0.3, 0.4) is 0 Å². The molecule has 0 saturated heterocycles. The van der Waals surface area contributed by atoms with E-state index in [1.54, 1.807) is 18.2 Å². The molecule has 0 aromatic heterocycles. The van der Waals surface area contributed by atoms with Gasteiger partial charge in [-0.25, -0.2) is 8.42 Å². The van der Waals surface area contributed by atoms with Crippen molar-refractivity contribution >= 4 is 50.5 Å². The maximum absolute atomic E-state index is 12.5. The third kappa shape index (κ3) is 4.56. The van der Waals surface area contributed by atoms with Crippen LogP contribution in [0.5, 0.6) is 5.75 Å². The van der Waals surface area contributed by atoms with Crippen molar-refractivity contribution in [3.8, 4) is 5.75 Å². The van der Waals surface area contributed by atoms with E-state index in [2.05, 4.69) is 10.0 Å². The fraction of sp³-hybridized carbons (Fsp3) is 0. The maximum Gasteiger partial charge on any atom is 0.261 e. The molecule has 0 saturated carbocycles. The summed E-state index contributed by atoms with van der Waals surface area (Å²) in [7, 11) is -3.93. The molecule has 0 radical (unpaired) electrons. The topological polar surface area (TPSA) is 95.5 Å². The van der Waals surface area contributed by atoms with Crippen LogP contribution in [0, 0.1) is 0 Å². The summed E-state index contributed by atoms with van der Waals surface area (Å²) in [6.45, 7) is 0. The number of rotatable bonds is 5. The van der Waals surface area contributed by atoms with Gasteiger partial charge in [0.2, 0.25) is 0 Å². The van der Waals surface area contributed by atoms with Crippen molar-refractivity contribution in [2.45, 2.75) is 4.90 Å². The van der Waals surface area contributed by atoms with E-state index in [0.29, 0.717) is 0 Å². The normalized spacial score (nSPS) is 11.1. The lowest BCUT2D eigenvalue weighted by atomic mass is 10.2. The SMILES string of the molecule is O=C(Nc1ccccc1O)c1cccc(NS(=O)(=O)c2ccc(Cl)c(Cl)c2)c1. The van der Waals surface area contributed by atoms with Gasteiger partial charge in [0, 0.05) is 11.3 Å². The fourth-order valence-corrected chi connectivity index (χ4v) is 3.79. The zero-order valence-electron chi connectivity index (χ0n) is 14.2. The molecule has 3 rings (SSSR count). The van der Waals surface area contributed by atoms with E-state index in [-0.39, 0.29) is 37.6 Å². The van der Waals surface area contributed by atoms with Crippen LogP contribution in [-0.2, 0) is 10.0 Å². The number of benzene rings is 3. The molecule has 6 nitrogen and oxygen atoms in total. The molecule has 0 unspecified atom stereocenters. The van der Waals surface area contributed by atoms with Crippen LogP contribution in [0.15, 0.2) is 71.6 Å². The van der Waals surface area contributed by atoms with Crippen LogP contribution in [0.1, 0.15) is 10.4 Å². The molecular formula is C19H14Cl2N2O4S. The molecule has 9 heteroatoms. The molecule has 3 aromatic rings. The van der Waals surface area contributed by atoms with Crippen LogP contribution in [-0.4, -0.2) is 19.4 Å². The van der Waals surface area contributed by atoms with Crippen molar-refractivity contribution in [2.75, 3.05) is 10.0 Å². The summed E-state index contributed by atoms with van der Waals surface area (Å²) in [5.74, 6) is -0.579. The Balaban J connectivity index is 1.82. The molecule has 0 aliphatic rings. The van der Waals surface area contributed by atoms with Gasteiger partial charge >= 0.3 is 0 Å². The molecule has 0 atom stereocenters. The molecule has 0 spiro atoms. The second kappa shape index (κ2) is 8.10. The van der Waals surface area contributed by atoms with Crippen molar-refractivity contribution in [1.29, 1.82) is 0 Å². The van der Waals surface area contributed by atoms with Crippen molar-refractivity contribution in [3.05, 3.63) is 82.3 Å². The number of phenols is 1. The fourth-order valence-electron chi connectivity index (χ4n) is 2.36. The number of carbonyl (C=O) groups is 1. The molecule has 0 bridgehead atoms. The Hall–Kier alpha value is -2.74. The number of halogens is 2. The summed E-state index contributed by atoms with van der Waals surface area (Å²) in [4.78, 5) is 12.3. The van der Waals surface area contributed by atoms with Crippen molar-refractivity contribution in [1.82, 2.24) is 0 Å². The van der Waals surface area contributed by atoms with Crippen LogP contribution in [0.25, 0.3) is 0 Å². The number of amides is 1. The van der Waals surface area contributed by atoms with E-state index in [1.165, 1.54) is 48.5 Å². The van der Waals surface area contributed by atoms with Gasteiger partial charge in [0.15, 0.2) is 0 Å². The highest BCUT2D eigenvalue weighted by Crippen LogP contribution is 2.26. The minimum Gasteiger partial charge on any atom is -0.506 e. The van der Waals surface area contributed by atoms with E-state index < -0.39 is 15.9 Å². The highest BCUT2D eigenvalue weighted by molar-refractivity contribution is 7.92. The summed E-state index contributed by atoms with van der Waals surface area (Å²) in [6, 6.07) is 16.2. The zero-order chi connectivity index (χ0) is 20.3. The molecule has 3 N–H and O–H groups in total. The van der Waals surface area contributed by atoms with Gasteiger partial charge in [-0.2, -0.15) is 0 Å². The minimum atomic E-state index is -3.93. The Morgan fingerprint density at radius 2 is 1.64 bits per heavy atom. The van der Waals surface area contributed by atoms with E-state index >= 15 is 0 Å². The standard InChI is InChI=1S/C19H14Cl2N2O4S/c20-15-9-8-14(11-16(15)21)28(26,27)23-13-5-3-4-12(10-13)19(25)22-17-6-1-2-7-18(17)24/h1-11,23-24H,(H,22,25). The second-order valence-corrected chi connectivity index (χ2v) is 8.23. The number of para-hydroxylation sites is 2. The van der Waals surface area contributed by atoms with Gasteiger partial charge in [-0.3, -0.25) is 9.52 Å². The molecule has 0 fully saturated rings. The average Bonchev–Trinajstić information content (AvgIpc) is 2.65. The summed E-state index contributed by atoms with van der Waals surface area (Å²) < 4.78 is 27.5. The highest BCUT2D eigenvalue weighted by atomic mass is 35.5. The van der Waals surface area contributed by atoms with Gasteiger partial charge in [-0.1, -0.05) is 41.4 Å². The average molecular weight is 437 g/mol. The van der Waals surface area contributed by atoms with Gasteiger partial charge in [-0.15, -0.1) is 0 Å². The van der Waals surface area contributed by atoms with Gasteiger partial charge in [0.25, 0.3) is 15.9 Å². The van der Waals surface area contributed by atoms with Crippen LogP contribution < -0.4 is 10.0 Å². The first-order valence-electron chi connectivity index (χ1n) is 7.93. The zero-order valence-corrected chi connectivity index (χ0v) is 16.5. The van der Waals surface area contributed by atoms with Gasteiger partial charge < -0.3 is 10.4 Å². The third-order valence-electron chi connectivity index (χ3n) is 3.73. The maximum atomic E-state index is 12.5. The largest absolute Gasteiger partial charge is 0.506 e. The minimum absolute atomic E-state index is 0.0639. The summed E-state index contributed by atoms with van der Waals surface area (Å²) >= 11 is 11.7.